The van der Waals surface area contributed by atoms with Crippen LogP contribution in [0.1, 0.15) is 12.5 Å². The number of amides is 1. The predicted octanol–water partition coefficient (Wildman–Crippen LogP) is 4.50. The summed E-state index contributed by atoms with van der Waals surface area (Å²) in [6.45, 7) is 9.08. The highest BCUT2D eigenvalue weighted by atomic mass is 35.5. The topological polar surface area (TPSA) is 78.0 Å². The van der Waals surface area contributed by atoms with Crippen LogP contribution in [0.15, 0.2) is 43.4 Å². The Morgan fingerprint density at radius 3 is 2.88 bits per heavy atom. The van der Waals surface area contributed by atoms with Gasteiger partial charge in [-0.15, -0.1) is 0 Å². The summed E-state index contributed by atoms with van der Waals surface area (Å²) in [7, 11) is 0. The minimum atomic E-state index is -0.500. The number of hydrogen-bond donors (Lipinski definition) is 1. The van der Waals surface area contributed by atoms with Crippen LogP contribution >= 0.6 is 11.6 Å². The molecule has 2 aromatic heterocycles. The number of carbonyl (C=O) groups excluding carboxylic acids is 1. The Kier molecular flexibility index (Phi) is 5.25. The molecule has 1 saturated heterocycles. The van der Waals surface area contributed by atoms with Crippen molar-refractivity contribution in [2.24, 2.45) is 0 Å². The average Bonchev–Trinajstić information content (AvgIpc) is 3.28. The number of halogens is 2. The maximum Gasteiger partial charge on any atom is 0.246 e. The number of hydrogen-bond acceptors (Lipinski definition) is 5. The van der Waals surface area contributed by atoms with E-state index in [-0.39, 0.29) is 28.1 Å². The van der Waals surface area contributed by atoms with Gasteiger partial charge in [0, 0.05) is 47.6 Å². The summed E-state index contributed by atoms with van der Waals surface area (Å²) in [6, 6.07) is 5.56. The molecule has 0 bridgehead atoms. The Morgan fingerprint density at radius 2 is 2.12 bits per heavy atom. The van der Waals surface area contributed by atoms with E-state index in [1.165, 1.54) is 12.4 Å². The number of anilines is 1. The third kappa shape index (κ3) is 3.41. The molecule has 168 valence electrons. The number of piperazine rings is 1. The van der Waals surface area contributed by atoms with Crippen molar-refractivity contribution in [3.8, 4) is 11.1 Å². The maximum absolute atomic E-state index is 16.0. The van der Waals surface area contributed by atoms with Crippen LogP contribution in [0.2, 0.25) is 5.02 Å². The number of carbonyl (C=O) groups is 1. The number of nitrogens with one attached hydrogen (secondary N) is 1. The number of nitrogens with zero attached hydrogens (tertiary/aromatic N) is 5. The number of benzene rings is 2. The van der Waals surface area contributed by atoms with Crippen molar-refractivity contribution in [2.75, 3.05) is 24.5 Å². The molecule has 1 amide bonds. The predicted molar refractivity (Wildman–Crippen MR) is 128 cm³/mol. The highest BCUT2D eigenvalue weighted by molar-refractivity contribution is 6.35. The summed E-state index contributed by atoms with van der Waals surface area (Å²) in [6.07, 6.45) is 4.39. The number of rotatable bonds is 3. The van der Waals surface area contributed by atoms with Gasteiger partial charge in [0.1, 0.15) is 17.7 Å². The smallest absolute Gasteiger partial charge is 0.246 e. The van der Waals surface area contributed by atoms with Crippen molar-refractivity contribution in [3.63, 3.8) is 0 Å². The third-order valence-corrected chi connectivity index (χ3v) is 6.56. The van der Waals surface area contributed by atoms with Gasteiger partial charge in [0.25, 0.3) is 0 Å². The molecule has 1 N–H and O–H groups in total. The largest absolute Gasteiger partial charge is 0.350 e. The van der Waals surface area contributed by atoms with Crippen LogP contribution in [0.5, 0.6) is 0 Å². The standard InChI is InChI=1S/C24H22ClFN6O/c1-4-18(33)31-7-8-32(14(3)11-31)24-16-9-17(25)20(21(26)23(16)27-12-28-24)19-13(2)5-6-15-10-29-30-22(15)19/h4-6,9-10,12,14H,1,7-8,11H2,2-3H3,(H,29,30)/t14-/m0/s1. The molecule has 0 aliphatic carbocycles. The highest BCUT2D eigenvalue weighted by Crippen LogP contribution is 2.41. The molecule has 33 heavy (non-hydrogen) atoms. The minimum absolute atomic E-state index is 0.0248. The monoisotopic (exact) mass is 464 g/mol. The lowest BCUT2D eigenvalue weighted by atomic mass is 9.96. The van der Waals surface area contributed by atoms with Gasteiger partial charge in [-0.05, 0) is 31.6 Å². The van der Waals surface area contributed by atoms with E-state index in [2.05, 4.69) is 31.6 Å². The second-order valence-electron chi connectivity index (χ2n) is 8.26. The average molecular weight is 465 g/mol. The van der Waals surface area contributed by atoms with Crippen LogP contribution in [-0.4, -0.2) is 56.6 Å². The molecule has 7 nitrogen and oxygen atoms in total. The van der Waals surface area contributed by atoms with Crippen molar-refractivity contribution in [2.45, 2.75) is 19.9 Å². The molecule has 2 aromatic carbocycles. The molecule has 0 radical (unpaired) electrons. The van der Waals surface area contributed by atoms with E-state index in [4.69, 9.17) is 11.6 Å². The zero-order chi connectivity index (χ0) is 23.3. The molecule has 1 atom stereocenters. The van der Waals surface area contributed by atoms with Crippen molar-refractivity contribution in [3.05, 3.63) is 59.8 Å². The second-order valence-corrected chi connectivity index (χ2v) is 8.67. The molecule has 0 spiro atoms. The third-order valence-electron chi connectivity index (χ3n) is 6.26. The highest BCUT2D eigenvalue weighted by Gasteiger charge is 2.29. The maximum atomic E-state index is 16.0. The van der Waals surface area contributed by atoms with E-state index in [1.54, 1.807) is 17.2 Å². The van der Waals surface area contributed by atoms with Crippen LogP contribution in [0, 0.1) is 12.7 Å². The number of aromatic nitrogens is 4. The molecule has 1 aliphatic heterocycles. The van der Waals surface area contributed by atoms with Crippen molar-refractivity contribution < 1.29 is 9.18 Å². The first-order valence-corrected chi connectivity index (χ1v) is 11.0. The van der Waals surface area contributed by atoms with Gasteiger partial charge in [0.2, 0.25) is 5.91 Å². The molecule has 0 unspecified atom stereocenters. The molecular weight excluding hydrogens is 443 g/mol. The summed E-state index contributed by atoms with van der Waals surface area (Å²) >= 11 is 6.70. The van der Waals surface area contributed by atoms with Crippen LogP contribution in [0.3, 0.4) is 0 Å². The SMILES string of the molecule is C=CC(=O)N1CCN(c2ncnc3c(F)c(-c4c(C)ccc5cn[nH]c45)c(Cl)cc23)[C@@H](C)C1. The van der Waals surface area contributed by atoms with E-state index in [0.717, 1.165) is 16.5 Å². The number of aryl methyl sites for hydroxylation is 1. The first-order valence-electron chi connectivity index (χ1n) is 10.6. The minimum Gasteiger partial charge on any atom is -0.350 e. The Morgan fingerprint density at radius 1 is 1.30 bits per heavy atom. The summed E-state index contributed by atoms with van der Waals surface area (Å²) in [4.78, 5) is 24.6. The van der Waals surface area contributed by atoms with Gasteiger partial charge in [-0.1, -0.05) is 30.3 Å². The van der Waals surface area contributed by atoms with Gasteiger partial charge in [-0.2, -0.15) is 5.10 Å². The fraction of sp³-hybridized carbons (Fsp3) is 0.250. The quantitative estimate of drug-likeness (QED) is 0.452. The second kappa shape index (κ2) is 8.12. The molecule has 4 aromatic rings. The first kappa shape index (κ1) is 21.3. The molecule has 0 saturated carbocycles. The van der Waals surface area contributed by atoms with Gasteiger partial charge >= 0.3 is 0 Å². The van der Waals surface area contributed by atoms with Gasteiger partial charge in [-0.3, -0.25) is 9.89 Å². The van der Waals surface area contributed by atoms with Crippen LogP contribution in [-0.2, 0) is 4.79 Å². The normalized spacial score (nSPS) is 16.5. The molecule has 9 heteroatoms. The Hall–Kier alpha value is -3.52. The summed E-state index contributed by atoms with van der Waals surface area (Å²) in [5.41, 5.74) is 2.75. The summed E-state index contributed by atoms with van der Waals surface area (Å²) in [5.74, 6) is -0.00220. The lowest BCUT2D eigenvalue weighted by molar-refractivity contribution is -0.126. The fourth-order valence-corrected chi connectivity index (χ4v) is 4.90. The van der Waals surface area contributed by atoms with Crippen molar-refractivity contribution in [1.29, 1.82) is 0 Å². The Balaban J connectivity index is 1.64. The van der Waals surface area contributed by atoms with E-state index in [1.807, 2.05) is 26.0 Å². The molecule has 5 rings (SSSR count). The molecule has 1 fully saturated rings. The van der Waals surface area contributed by atoms with Gasteiger partial charge < -0.3 is 9.80 Å². The molecular formula is C24H22ClFN6O. The lowest BCUT2D eigenvalue weighted by Gasteiger charge is -2.40. The Bertz CT molecular complexity index is 1420. The number of aromatic amines is 1. The molecule has 3 heterocycles. The van der Waals surface area contributed by atoms with Crippen molar-refractivity contribution in [1.82, 2.24) is 25.1 Å². The summed E-state index contributed by atoms with van der Waals surface area (Å²) < 4.78 is 16.0. The van der Waals surface area contributed by atoms with E-state index in [0.29, 0.717) is 36.4 Å². The Labute approximate surface area is 194 Å². The fourth-order valence-electron chi connectivity index (χ4n) is 4.62. The lowest BCUT2D eigenvalue weighted by Crippen LogP contribution is -2.53. The van der Waals surface area contributed by atoms with Gasteiger partial charge in [0.15, 0.2) is 5.82 Å². The summed E-state index contributed by atoms with van der Waals surface area (Å²) in [5, 5.41) is 8.74. The van der Waals surface area contributed by atoms with Crippen molar-refractivity contribution >= 4 is 45.1 Å². The zero-order valence-electron chi connectivity index (χ0n) is 18.3. The van der Waals surface area contributed by atoms with Crippen LogP contribution in [0.4, 0.5) is 10.2 Å². The van der Waals surface area contributed by atoms with E-state index in [9.17, 15) is 4.79 Å². The van der Waals surface area contributed by atoms with Gasteiger partial charge in [0.05, 0.1) is 16.7 Å². The van der Waals surface area contributed by atoms with Crippen LogP contribution in [0.25, 0.3) is 32.9 Å². The van der Waals surface area contributed by atoms with E-state index >= 15 is 4.39 Å². The first-order chi connectivity index (χ1) is 15.9. The van der Waals surface area contributed by atoms with Gasteiger partial charge in [-0.25, -0.2) is 14.4 Å². The molecule has 1 aliphatic rings. The van der Waals surface area contributed by atoms with E-state index < -0.39 is 5.82 Å². The number of H-pyrrole nitrogens is 1. The number of fused-ring (bicyclic) bond motifs is 2. The zero-order valence-corrected chi connectivity index (χ0v) is 19.0. The van der Waals surface area contributed by atoms with Crippen LogP contribution < -0.4 is 4.90 Å².